The molecule has 0 aliphatic rings. The first-order valence-corrected chi connectivity index (χ1v) is 7.16. The second-order valence-corrected chi connectivity index (χ2v) is 5.35. The lowest BCUT2D eigenvalue weighted by Gasteiger charge is -2.18. The zero-order valence-electron chi connectivity index (χ0n) is 13.4. The smallest absolute Gasteiger partial charge is 0.321 e. The van der Waals surface area contributed by atoms with E-state index in [1.54, 1.807) is 24.1 Å². The highest BCUT2D eigenvalue weighted by Gasteiger charge is 2.14. The van der Waals surface area contributed by atoms with Crippen LogP contribution in [0.3, 0.4) is 0 Å². The van der Waals surface area contributed by atoms with Gasteiger partial charge in [0.15, 0.2) is 0 Å². The predicted molar refractivity (Wildman–Crippen MR) is 84.4 cm³/mol. The molecule has 5 nitrogen and oxygen atoms in total. The molecule has 0 atom stereocenters. The fourth-order valence-electron chi connectivity index (χ4n) is 2.33. The molecule has 2 aromatic rings. The van der Waals surface area contributed by atoms with E-state index in [0.717, 1.165) is 17.0 Å². The monoisotopic (exact) mass is 304 g/mol. The van der Waals surface area contributed by atoms with Crippen molar-refractivity contribution in [2.45, 2.75) is 20.3 Å². The molecule has 1 heterocycles. The largest absolute Gasteiger partial charge is 0.327 e. The number of nitrogens with one attached hydrogen (secondary N) is 1. The maximum atomic E-state index is 13.5. The third kappa shape index (κ3) is 3.44. The molecule has 0 aliphatic carbocycles. The maximum Gasteiger partial charge on any atom is 0.321 e. The molecular formula is C16H21FN4O. The van der Waals surface area contributed by atoms with Crippen LogP contribution in [0.4, 0.5) is 14.9 Å². The molecule has 1 aromatic carbocycles. The Morgan fingerprint density at radius 3 is 2.64 bits per heavy atom. The van der Waals surface area contributed by atoms with Gasteiger partial charge in [-0.15, -0.1) is 0 Å². The van der Waals surface area contributed by atoms with E-state index in [9.17, 15) is 9.18 Å². The number of likely N-dealkylation sites (N-methyl/N-ethyl adjacent to an activating group) is 1. The lowest BCUT2D eigenvalue weighted by atomic mass is 10.1. The van der Waals surface area contributed by atoms with Crippen LogP contribution < -0.4 is 5.32 Å². The highest BCUT2D eigenvalue weighted by atomic mass is 19.1. The lowest BCUT2D eigenvalue weighted by molar-refractivity contribution is 0.223. The molecule has 22 heavy (non-hydrogen) atoms. The van der Waals surface area contributed by atoms with Crippen LogP contribution in [0.5, 0.6) is 0 Å². The van der Waals surface area contributed by atoms with Crippen LogP contribution in [-0.2, 0) is 13.5 Å². The Balaban J connectivity index is 1.96. The van der Waals surface area contributed by atoms with Crippen LogP contribution in [0.2, 0.25) is 0 Å². The molecule has 0 bridgehead atoms. The topological polar surface area (TPSA) is 50.2 Å². The van der Waals surface area contributed by atoms with Gasteiger partial charge in [0.25, 0.3) is 0 Å². The third-order valence-electron chi connectivity index (χ3n) is 3.82. The van der Waals surface area contributed by atoms with Gasteiger partial charge in [0, 0.05) is 26.3 Å². The molecule has 0 unspecified atom stereocenters. The van der Waals surface area contributed by atoms with Gasteiger partial charge >= 0.3 is 6.03 Å². The van der Waals surface area contributed by atoms with Crippen LogP contribution in [0, 0.1) is 19.7 Å². The number of hydrogen-bond donors (Lipinski definition) is 1. The van der Waals surface area contributed by atoms with Crippen molar-refractivity contribution >= 4 is 11.7 Å². The van der Waals surface area contributed by atoms with Crippen LogP contribution in [-0.4, -0.2) is 34.3 Å². The summed E-state index contributed by atoms with van der Waals surface area (Å²) < 4.78 is 15.4. The molecule has 2 amide bonds. The number of urea groups is 1. The summed E-state index contributed by atoms with van der Waals surface area (Å²) in [6.45, 7) is 4.50. The minimum atomic E-state index is -0.441. The van der Waals surface area contributed by atoms with Crippen molar-refractivity contribution in [3.05, 3.63) is 47.0 Å². The number of anilines is 1. The van der Waals surface area contributed by atoms with E-state index in [1.807, 2.05) is 25.6 Å². The van der Waals surface area contributed by atoms with Gasteiger partial charge < -0.3 is 10.2 Å². The molecular weight excluding hydrogens is 283 g/mol. The van der Waals surface area contributed by atoms with Crippen molar-refractivity contribution in [1.29, 1.82) is 0 Å². The van der Waals surface area contributed by atoms with Crippen molar-refractivity contribution < 1.29 is 9.18 Å². The van der Waals surface area contributed by atoms with Gasteiger partial charge in [-0.3, -0.25) is 4.68 Å². The van der Waals surface area contributed by atoms with Crippen molar-refractivity contribution in [2.24, 2.45) is 7.05 Å². The summed E-state index contributed by atoms with van der Waals surface area (Å²) in [6, 6.07) is 5.79. The Labute approximate surface area is 129 Å². The van der Waals surface area contributed by atoms with E-state index in [1.165, 1.54) is 12.1 Å². The van der Waals surface area contributed by atoms with Crippen molar-refractivity contribution in [3.8, 4) is 0 Å². The van der Waals surface area contributed by atoms with E-state index >= 15 is 0 Å². The Morgan fingerprint density at radius 1 is 1.36 bits per heavy atom. The Morgan fingerprint density at radius 2 is 2.05 bits per heavy atom. The van der Waals surface area contributed by atoms with Crippen molar-refractivity contribution in [1.82, 2.24) is 14.7 Å². The molecule has 1 aromatic heterocycles. The molecule has 0 saturated carbocycles. The van der Waals surface area contributed by atoms with E-state index in [4.69, 9.17) is 0 Å². The van der Waals surface area contributed by atoms with Crippen LogP contribution in [0.25, 0.3) is 0 Å². The first-order chi connectivity index (χ1) is 10.4. The van der Waals surface area contributed by atoms with Crippen molar-refractivity contribution in [2.75, 3.05) is 18.9 Å². The first kappa shape index (κ1) is 16.0. The van der Waals surface area contributed by atoms with Gasteiger partial charge in [-0.05, 0) is 38.0 Å². The number of carbonyl (C=O) groups excluding carboxylic acids is 1. The molecule has 0 spiro atoms. The van der Waals surface area contributed by atoms with E-state index in [2.05, 4.69) is 10.4 Å². The molecule has 118 valence electrons. The molecule has 0 aliphatic heterocycles. The van der Waals surface area contributed by atoms with Gasteiger partial charge in [-0.2, -0.15) is 5.10 Å². The predicted octanol–water partition coefficient (Wildman–Crippen LogP) is 2.88. The Hall–Kier alpha value is -2.37. The van der Waals surface area contributed by atoms with E-state index < -0.39 is 5.82 Å². The third-order valence-corrected chi connectivity index (χ3v) is 3.82. The highest BCUT2D eigenvalue weighted by molar-refractivity contribution is 5.89. The van der Waals surface area contributed by atoms with Crippen molar-refractivity contribution in [3.63, 3.8) is 0 Å². The zero-order chi connectivity index (χ0) is 16.3. The number of amides is 2. The van der Waals surface area contributed by atoms with Gasteiger partial charge in [0.05, 0.1) is 11.4 Å². The number of nitrogens with zero attached hydrogens (tertiary/aromatic N) is 3. The summed E-state index contributed by atoms with van der Waals surface area (Å²) in [4.78, 5) is 13.6. The van der Waals surface area contributed by atoms with Gasteiger partial charge in [0.1, 0.15) is 5.82 Å². The fraction of sp³-hybridized carbons (Fsp3) is 0.375. The summed E-state index contributed by atoms with van der Waals surface area (Å²) in [5, 5.41) is 6.93. The average molecular weight is 304 g/mol. The van der Waals surface area contributed by atoms with E-state index in [-0.39, 0.29) is 11.7 Å². The van der Waals surface area contributed by atoms with Gasteiger partial charge in [0.2, 0.25) is 0 Å². The number of aryl methyl sites for hydroxylation is 2. The number of aromatic nitrogens is 2. The summed E-state index contributed by atoms with van der Waals surface area (Å²) in [7, 11) is 3.59. The summed E-state index contributed by atoms with van der Waals surface area (Å²) in [5.74, 6) is -0.441. The fourth-order valence-corrected chi connectivity index (χ4v) is 2.33. The van der Waals surface area contributed by atoms with E-state index in [0.29, 0.717) is 13.0 Å². The summed E-state index contributed by atoms with van der Waals surface area (Å²) in [6.07, 6.45) is 0.715. The standard InChI is InChI=1S/C16H21FN4O/c1-11-13(12(2)21(4)19-11)9-10-20(3)16(22)18-15-8-6-5-7-14(15)17/h5-8H,9-10H2,1-4H3,(H,18,22). The molecule has 2 rings (SSSR count). The van der Waals surface area contributed by atoms with Crippen LogP contribution >= 0.6 is 0 Å². The minimum Gasteiger partial charge on any atom is -0.327 e. The van der Waals surface area contributed by atoms with Gasteiger partial charge in [-0.25, -0.2) is 9.18 Å². The second-order valence-electron chi connectivity index (χ2n) is 5.35. The number of rotatable bonds is 4. The molecule has 6 heteroatoms. The number of benzene rings is 1. The zero-order valence-corrected chi connectivity index (χ0v) is 13.4. The van der Waals surface area contributed by atoms with Crippen LogP contribution in [0.15, 0.2) is 24.3 Å². The number of carbonyl (C=O) groups is 1. The molecule has 0 saturated heterocycles. The lowest BCUT2D eigenvalue weighted by Crippen LogP contribution is -2.33. The molecule has 0 radical (unpaired) electrons. The SMILES string of the molecule is Cc1nn(C)c(C)c1CCN(C)C(=O)Nc1ccccc1F. The van der Waals surface area contributed by atoms with Gasteiger partial charge in [-0.1, -0.05) is 12.1 Å². The Kier molecular flexibility index (Phi) is 4.80. The number of hydrogen-bond acceptors (Lipinski definition) is 2. The Bertz CT molecular complexity index is 681. The summed E-state index contributed by atoms with van der Waals surface area (Å²) >= 11 is 0. The van der Waals surface area contributed by atoms with Crippen LogP contribution in [0.1, 0.15) is 17.0 Å². The highest BCUT2D eigenvalue weighted by Crippen LogP contribution is 2.15. The molecule has 1 N–H and O–H groups in total. The second kappa shape index (κ2) is 6.60. The number of halogens is 1. The summed E-state index contributed by atoms with van der Waals surface area (Å²) in [5.41, 5.74) is 3.41. The number of para-hydroxylation sites is 1. The quantitative estimate of drug-likeness (QED) is 0.944. The first-order valence-electron chi connectivity index (χ1n) is 7.16. The average Bonchev–Trinajstić information content (AvgIpc) is 2.72. The maximum absolute atomic E-state index is 13.5. The minimum absolute atomic E-state index is 0.188. The normalized spacial score (nSPS) is 10.6. The molecule has 0 fully saturated rings.